The second-order valence-corrected chi connectivity index (χ2v) is 6.18. The zero-order valence-corrected chi connectivity index (χ0v) is 13.1. The Bertz CT molecular complexity index is 680. The average molecular weight is 322 g/mol. The monoisotopic (exact) mass is 321 g/mol. The van der Waals surface area contributed by atoms with Crippen molar-refractivity contribution in [2.24, 2.45) is 5.92 Å². The lowest BCUT2D eigenvalue weighted by molar-refractivity contribution is 0.0879. The Morgan fingerprint density at radius 2 is 2.09 bits per heavy atom. The summed E-state index contributed by atoms with van der Waals surface area (Å²) in [6.07, 6.45) is 2.36. The first-order chi connectivity index (χ1) is 10.6. The zero-order chi connectivity index (χ0) is 15.7. The molecule has 1 aromatic heterocycles. The van der Waals surface area contributed by atoms with Crippen molar-refractivity contribution in [3.8, 4) is 11.3 Å². The molecule has 3 rings (SSSR count). The smallest absolute Gasteiger partial charge is 0.171 e. The number of alkyl halides is 1. The standard InChI is InChI=1S/C17H17ClFNO2/c1-10-9-12(3-2-8-18)16(21)14-15(20-22-17(10)14)11-4-6-13(19)7-5-11/h4-7,10,12H,2-3,8-9H2,1H3. The molecule has 1 heterocycles. The molecule has 2 atom stereocenters. The van der Waals surface area contributed by atoms with E-state index >= 15 is 0 Å². The number of aromatic nitrogens is 1. The van der Waals surface area contributed by atoms with E-state index in [0.29, 0.717) is 28.5 Å². The third kappa shape index (κ3) is 2.68. The van der Waals surface area contributed by atoms with E-state index in [2.05, 4.69) is 5.16 Å². The minimum atomic E-state index is -0.319. The molecule has 0 aliphatic heterocycles. The molecule has 116 valence electrons. The topological polar surface area (TPSA) is 43.1 Å². The Hall–Kier alpha value is -1.68. The number of rotatable bonds is 4. The van der Waals surface area contributed by atoms with Gasteiger partial charge in [0.25, 0.3) is 0 Å². The van der Waals surface area contributed by atoms with Gasteiger partial charge >= 0.3 is 0 Å². The van der Waals surface area contributed by atoms with Crippen LogP contribution in [0, 0.1) is 11.7 Å². The molecule has 0 saturated heterocycles. The molecule has 5 heteroatoms. The molecule has 1 aliphatic carbocycles. The van der Waals surface area contributed by atoms with Gasteiger partial charge in [0.15, 0.2) is 11.5 Å². The molecule has 0 fully saturated rings. The van der Waals surface area contributed by atoms with Gasteiger partial charge in [-0.15, -0.1) is 11.6 Å². The molecule has 0 N–H and O–H groups in total. The molecule has 22 heavy (non-hydrogen) atoms. The van der Waals surface area contributed by atoms with Gasteiger partial charge in [-0.1, -0.05) is 12.1 Å². The van der Waals surface area contributed by atoms with Crippen molar-refractivity contribution in [2.45, 2.75) is 32.1 Å². The molecule has 0 amide bonds. The molecular weight excluding hydrogens is 305 g/mol. The van der Waals surface area contributed by atoms with Crippen molar-refractivity contribution >= 4 is 17.4 Å². The number of carbonyl (C=O) groups is 1. The van der Waals surface area contributed by atoms with Crippen LogP contribution >= 0.6 is 11.6 Å². The van der Waals surface area contributed by atoms with Crippen LogP contribution < -0.4 is 0 Å². The summed E-state index contributed by atoms with van der Waals surface area (Å²) >= 11 is 5.75. The summed E-state index contributed by atoms with van der Waals surface area (Å²) in [6.45, 7) is 2.04. The normalized spacial score (nSPS) is 21.0. The second kappa shape index (κ2) is 6.21. The van der Waals surface area contributed by atoms with Crippen LogP contribution in [-0.2, 0) is 0 Å². The fourth-order valence-corrected chi connectivity index (χ4v) is 3.25. The van der Waals surface area contributed by atoms with Crippen LogP contribution in [0.3, 0.4) is 0 Å². The lowest BCUT2D eigenvalue weighted by Crippen LogP contribution is -2.24. The molecule has 0 saturated carbocycles. The van der Waals surface area contributed by atoms with E-state index in [9.17, 15) is 9.18 Å². The van der Waals surface area contributed by atoms with Gasteiger partial charge in [-0.2, -0.15) is 0 Å². The first-order valence-electron chi connectivity index (χ1n) is 7.47. The molecule has 2 unspecified atom stereocenters. The SMILES string of the molecule is CC1CC(CCCCl)C(=O)c2c(-c3ccc(F)cc3)noc21. The largest absolute Gasteiger partial charge is 0.360 e. The van der Waals surface area contributed by atoms with Gasteiger partial charge in [0.1, 0.15) is 11.5 Å². The number of benzene rings is 1. The summed E-state index contributed by atoms with van der Waals surface area (Å²) in [5.41, 5.74) is 1.78. The Balaban J connectivity index is 2.00. The van der Waals surface area contributed by atoms with Crippen LogP contribution in [0.4, 0.5) is 4.39 Å². The van der Waals surface area contributed by atoms with Crippen LogP contribution in [0.25, 0.3) is 11.3 Å². The van der Waals surface area contributed by atoms with E-state index in [1.165, 1.54) is 12.1 Å². The number of ketones is 1. The predicted molar refractivity (Wildman–Crippen MR) is 82.7 cm³/mol. The summed E-state index contributed by atoms with van der Waals surface area (Å²) in [4.78, 5) is 12.8. The molecular formula is C17H17ClFNO2. The highest BCUT2D eigenvalue weighted by Gasteiger charge is 2.37. The maximum Gasteiger partial charge on any atom is 0.171 e. The van der Waals surface area contributed by atoms with Crippen LogP contribution in [0.2, 0.25) is 0 Å². The van der Waals surface area contributed by atoms with Crippen molar-refractivity contribution in [1.29, 1.82) is 0 Å². The predicted octanol–water partition coefficient (Wildman–Crippen LogP) is 4.81. The van der Waals surface area contributed by atoms with E-state index in [1.54, 1.807) is 12.1 Å². The van der Waals surface area contributed by atoms with Gasteiger partial charge in [-0.3, -0.25) is 4.79 Å². The number of fused-ring (bicyclic) bond motifs is 1. The second-order valence-electron chi connectivity index (χ2n) is 5.81. The Morgan fingerprint density at radius 1 is 1.36 bits per heavy atom. The highest BCUT2D eigenvalue weighted by Crippen LogP contribution is 2.40. The molecule has 3 nitrogen and oxygen atoms in total. The van der Waals surface area contributed by atoms with E-state index in [0.717, 1.165) is 19.3 Å². The highest BCUT2D eigenvalue weighted by atomic mass is 35.5. The van der Waals surface area contributed by atoms with Crippen molar-refractivity contribution in [1.82, 2.24) is 5.16 Å². The summed E-state index contributed by atoms with van der Waals surface area (Å²) in [5, 5.41) is 4.07. The number of nitrogens with zero attached hydrogens (tertiary/aromatic N) is 1. The van der Waals surface area contributed by atoms with Crippen molar-refractivity contribution in [2.75, 3.05) is 5.88 Å². The van der Waals surface area contributed by atoms with Crippen molar-refractivity contribution in [3.63, 3.8) is 0 Å². The summed E-state index contributed by atoms with van der Waals surface area (Å²) in [5.74, 6) is 1.06. The van der Waals surface area contributed by atoms with E-state index in [4.69, 9.17) is 16.1 Å². The zero-order valence-electron chi connectivity index (χ0n) is 12.3. The summed E-state index contributed by atoms with van der Waals surface area (Å²) in [6, 6.07) is 5.96. The lowest BCUT2D eigenvalue weighted by Gasteiger charge is -2.24. The van der Waals surface area contributed by atoms with Gasteiger partial charge in [0.05, 0.1) is 5.56 Å². The molecule has 0 spiro atoms. The van der Waals surface area contributed by atoms with E-state index in [-0.39, 0.29) is 23.4 Å². The maximum atomic E-state index is 13.1. The van der Waals surface area contributed by atoms with Crippen LogP contribution in [0.1, 0.15) is 48.2 Å². The summed E-state index contributed by atoms with van der Waals surface area (Å²) in [7, 11) is 0. The van der Waals surface area contributed by atoms with E-state index < -0.39 is 0 Å². The van der Waals surface area contributed by atoms with Gasteiger partial charge < -0.3 is 4.52 Å². The first kappa shape index (κ1) is 15.2. The fraction of sp³-hybridized carbons (Fsp3) is 0.412. The van der Waals surface area contributed by atoms with Crippen molar-refractivity contribution < 1.29 is 13.7 Å². The minimum Gasteiger partial charge on any atom is -0.360 e. The number of hydrogen-bond donors (Lipinski definition) is 0. The number of halogens is 2. The van der Waals surface area contributed by atoms with Crippen LogP contribution in [0.15, 0.2) is 28.8 Å². The van der Waals surface area contributed by atoms with Gasteiger partial charge in [0, 0.05) is 23.3 Å². The van der Waals surface area contributed by atoms with Gasteiger partial charge in [-0.05, 0) is 43.5 Å². The molecule has 0 bridgehead atoms. The fourth-order valence-electron chi connectivity index (χ4n) is 3.10. The third-order valence-electron chi connectivity index (χ3n) is 4.23. The molecule has 1 aromatic carbocycles. The van der Waals surface area contributed by atoms with Crippen LogP contribution in [-0.4, -0.2) is 16.8 Å². The Labute approximate surface area is 133 Å². The van der Waals surface area contributed by atoms with E-state index in [1.807, 2.05) is 6.92 Å². The number of carbonyl (C=O) groups excluding carboxylic acids is 1. The highest BCUT2D eigenvalue weighted by molar-refractivity contribution is 6.17. The quantitative estimate of drug-likeness (QED) is 0.759. The maximum absolute atomic E-state index is 13.1. The lowest BCUT2D eigenvalue weighted by atomic mass is 9.77. The first-order valence-corrected chi connectivity index (χ1v) is 8.01. The van der Waals surface area contributed by atoms with Crippen molar-refractivity contribution in [3.05, 3.63) is 41.4 Å². The van der Waals surface area contributed by atoms with Gasteiger partial charge in [-0.25, -0.2) is 4.39 Å². The molecule has 1 aliphatic rings. The molecule has 0 radical (unpaired) electrons. The average Bonchev–Trinajstić information content (AvgIpc) is 2.96. The number of hydrogen-bond acceptors (Lipinski definition) is 3. The van der Waals surface area contributed by atoms with Crippen LogP contribution in [0.5, 0.6) is 0 Å². The summed E-state index contributed by atoms with van der Waals surface area (Å²) < 4.78 is 18.5. The third-order valence-corrected chi connectivity index (χ3v) is 4.49. The minimum absolute atomic E-state index is 0.0418. The van der Waals surface area contributed by atoms with Gasteiger partial charge in [0.2, 0.25) is 0 Å². The molecule has 2 aromatic rings. The Kier molecular flexibility index (Phi) is 4.30. The number of Topliss-reactive ketones (excluding diaryl/α,β-unsaturated/α-hetero) is 1. The Morgan fingerprint density at radius 3 is 2.77 bits per heavy atom.